The van der Waals surface area contributed by atoms with Crippen LogP contribution in [-0.2, 0) is 11.3 Å². The summed E-state index contributed by atoms with van der Waals surface area (Å²) in [5.74, 6) is 0.955. The van der Waals surface area contributed by atoms with E-state index in [1.165, 1.54) is 0 Å². The third-order valence-corrected chi connectivity index (χ3v) is 2.85. The van der Waals surface area contributed by atoms with Crippen molar-refractivity contribution in [3.8, 4) is 0 Å². The van der Waals surface area contributed by atoms with Crippen LogP contribution in [0.5, 0.6) is 0 Å². The van der Waals surface area contributed by atoms with E-state index in [1.807, 2.05) is 39.1 Å². The van der Waals surface area contributed by atoms with E-state index in [1.54, 1.807) is 0 Å². The fourth-order valence-electron chi connectivity index (χ4n) is 1.91. The largest absolute Gasteiger partial charge is 0.370 e. The molecule has 5 nitrogen and oxygen atoms in total. The number of amides is 1. The molecular formula is C15H26N4O. The molecule has 0 radical (unpaired) electrons. The van der Waals surface area contributed by atoms with Crippen molar-refractivity contribution in [3.05, 3.63) is 23.9 Å². The molecule has 5 heteroatoms. The van der Waals surface area contributed by atoms with E-state index in [9.17, 15) is 4.79 Å². The van der Waals surface area contributed by atoms with Crippen LogP contribution in [0.2, 0.25) is 0 Å². The van der Waals surface area contributed by atoms with Crippen LogP contribution in [0.15, 0.2) is 18.3 Å². The Morgan fingerprint density at radius 1 is 1.35 bits per heavy atom. The van der Waals surface area contributed by atoms with Crippen molar-refractivity contribution in [1.29, 1.82) is 0 Å². The highest BCUT2D eigenvalue weighted by molar-refractivity contribution is 5.78. The molecule has 0 unspecified atom stereocenters. The second-order valence-corrected chi connectivity index (χ2v) is 5.11. The average Bonchev–Trinajstić information content (AvgIpc) is 2.39. The molecule has 112 valence electrons. The van der Waals surface area contributed by atoms with Crippen molar-refractivity contribution in [2.24, 2.45) is 0 Å². The maximum Gasteiger partial charge on any atom is 0.234 e. The molecular weight excluding hydrogens is 252 g/mol. The van der Waals surface area contributed by atoms with Crippen molar-refractivity contribution < 1.29 is 4.79 Å². The summed E-state index contributed by atoms with van der Waals surface area (Å²) in [5.41, 5.74) is 1.12. The number of carbonyl (C=O) groups is 1. The third-order valence-electron chi connectivity index (χ3n) is 2.85. The number of rotatable bonds is 8. The lowest BCUT2D eigenvalue weighted by Crippen LogP contribution is -2.39. The molecule has 1 aromatic heterocycles. The first-order valence-corrected chi connectivity index (χ1v) is 7.25. The Hall–Kier alpha value is -1.62. The minimum absolute atomic E-state index is 0.0686. The fraction of sp³-hybridized carbons (Fsp3) is 0.600. The van der Waals surface area contributed by atoms with Gasteiger partial charge in [0.25, 0.3) is 0 Å². The van der Waals surface area contributed by atoms with Crippen molar-refractivity contribution in [1.82, 2.24) is 15.2 Å². The van der Waals surface area contributed by atoms with Gasteiger partial charge in [0.15, 0.2) is 0 Å². The van der Waals surface area contributed by atoms with E-state index in [4.69, 9.17) is 0 Å². The second kappa shape index (κ2) is 8.53. The maximum atomic E-state index is 11.8. The topological polar surface area (TPSA) is 57.3 Å². The van der Waals surface area contributed by atoms with E-state index in [-0.39, 0.29) is 11.9 Å². The molecule has 1 rings (SSSR count). The molecule has 1 amide bonds. The van der Waals surface area contributed by atoms with Gasteiger partial charge in [-0.3, -0.25) is 9.69 Å². The van der Waals surface area contributed by atoms with E-state index in [2.05, 4.69) is 27.4 Å². The molecule has 0 saturated carbocycles. The van der Waals surface area contributed by atoms with Gasteiger partial charge in [-0.1, -0.05) is 13.0 Å². The molecule has 0 fully saturated rings. The summed E-state index contributed by atoms with van der Waals surface area (Å²) in [6.07, 6.45) is 1.86. The van der Waals surface area contributed by atoms with Crippen LogP contribution in [0.3, 0.4) is 0 Å². The summed E-state index contributed by atoms with van der Waals surface area (Å²) < 4.78 is 0. The number of aromatic nitrogens is 1. The standard InChI is InChI=1S/C15H26N4O/c1-5-16-14-8-7-13(9-17-14)10-19(6-2)11-15(20)18-12(3)4/h7-9,12H,5-6,10-11H2,1-4H3,(H,16,17)(H,18,20). The summed E-state index contributed by atoms with van der Waals surface area (Å²) in [7, 11) is 0. The molecule has 2 N–H and O–H groups in total. The van der Waals surface area contributed by atoms with E-state index < -0.39 is 0 Å². The summed E-state index contributed by atoms with van der Waals surface area (Å²) in [5, 5.41) is 6.08. The highest BCUT2D eigenvalue weighted by atomic mass is 16.2. The molecule has 0 spiro atoms. The van der Waals surface area contributed by atoms with E-state index in [0.717, 1.165) is 31.0 Å². The summed E-state index contributed by atoms with van der Waals surface area (Å²) >= 11 is 0. The van der Waals surface area contributed by atoms with Crippen molar-refractivity contribution in [3.63, 3.8) is 0 Å². The first kappa shape index (κ1) is 16.4. The first-order chi connectivity index (χ1) is 9.55. The smallest absolute Gasteiger partial charge is 0.234 e. The zero-order valence-electron chi connectivity index (χ0n) is 12.9. The van der Waals surface area contributed by atoms with Gasteiger partial charge >= 0.3 is 0 Å². The minimum atomic E-state index is 0.0686. The van der Waals surface area contributed by atoms with Gasteiger partial charge in [0.2, 0.25) is 5.91 Å². The second-order valence-electron chi connectivity index (χ2n) is 5.11. The maximum absolute atomic E-state index is 11.8. The molecule has 1 aromatic rings. The van der Waals surface area contributed by atoms with Crippen LogP contribution in [0.1, 0.15) is 33.3 Å². The van der Waals surface area contributed by atoms with Crippen LogP contribution in [0.25, 0.3) is 0 Å². The van der Waals surface area contributed by atoms with Gasteiger partial charge in [0.05, 0.1) is 6.54 Å². The number of anilines is 1. The molecule has 0 saturated heterocycles. The van der Waals surface area contributed by atoms with Gasteiger partial charge in [-0.15, -0.1) is 0 Å². The van der Waals surface area contributed by atoms with Gasteiger partial charge in [-0.05, 0) is 38.9 Å². The lowest BCUT2D eigenvalue weighted by molar-refractivity contribution is -0.122. The molecule has 0 aromatic carbocycles. The molecule has 0 bridgehead atoms. The van der Waals surface area contributed by atoms with Gasteiger partial charge in [0, 0.05) is 25.3 Å². The lowest BCUT2D eigenvalue weighted by Gasteiger charge is -2.20. The summed E-state index contributed by atoms with van der Waals surface area (Å²) in [4.78, 5) is 18.2. The van der Waals surface area contributed by atoms with Crippen LogP contribution >= 0.6 is 0 Å². The Bertz CT molecular complexity index is 403. The number of nitrogens with zero attached hydrogens (tertiary/aromatic N) is 2. The number of pyridine rings is 1. The number of hydrogen-bond acceptors (Lipinski definition) is 4. The molecule has 20 heavy (non-hydrogen) atoms. The predicted octanol–water partition coefficient (Wildman–Crippen LogP) is 1.86. The molecule has 1 heterocycles. The van der Waals surface area contributed by atoms with Gasteiger partial charge in [0.1, 0.15) is 5.82 Å². The van der Waals surface area contributed by atoms with Crippen LogP contribution < -0.4 is 10.6 Å². The Morgan fingerprint density at radius 2 is 2.10 bits per heavy atom. The molecule has 0 aliphatic carbocycles. The molecule has 0 aliphatic rings. The first-order valence-electron chi connectivity index (χ1n) is 7.25. The van der Waals surface area contributed by atoms with Gasteiger partial charge < -0.3 is 10.6 Å². The van der Waals surface area contributed by atoms with Crippen LogP contribution in [0, 0.1) is 0 Å². The highest BCUT2D eigenvalue weighted by Gasteiger charge is 2.10. The lowest BCUT2D eigenvalue weighted by atomic mass is 10.2. The Balaban J connectivity index is 2.52. The van der Waals surface area contributed by atoms with E-state index >= 15 is 0 Å². The van der Waals surface area contributed by atoms with E-state index in [0.29, 0.717) is 6.54 Å². The number of nitrogens with one attached hydrogen (secondary N) is 2. The molecule has 0 aliphatic heterocycles. The number of hydrogen-bond donors (Lipinski definition) is 2. The average molecular weight is 278 g/mol. The van der Waals surface area contributed by atoms with Crippen LogP contribution in [-0.4, -0.2) is 41.5 Å². The van der Waals surface area contributed by atoms with Gasteiger partial charge in [-0.25, -0.2) is 4.98 Å². The zero-order chi connectivity index (χ0) is 15.0. The fourth-order valence-corrected chi connectivity index (χ4v) is 1.91. The number of carbonyl (C=O) groups excluding carboxylic acids is 1. The van der Waals surface area contributed by atoms with Crippen molar-refractivity contribution in [2.75, 3.05) is 25.0 Å². The zero-order valence-corrected chi connectivity index (χ0v) is 12.9. The highest BCUT2D eigenvalue weighted by Crippen LogP contribution is 2.07. The van der Waals surface area contributed by atoms with Crippen LogP contribution in [0.4, 0.5) is 5.82 Å². The summed E-state index contributed by atoms with van der Waals surface area (Å²) in [6, 6.07) is 4.21. The SMILES string of the molecule is CCNc1ccc(CN(CC)CC(=O)NC(C)C)cn1. The molecule has 0 atom stereocenters. The Labute approximate surface area is 121 Å². The Kier molecular flexibility index (Phi) is 7.01. The van der Waals surface area contributed by atoms with Crippen molar-refractivity contribution >= 4 is 11.7 Å². The predicted molar refractivity (Wildman–Crippen MR) is 82.6 cm³/mol. The normalized spacial score (nSPS) is 10.9. The van der Waals surface area contributed by atoms with Gasteiger partial charge in [-0.2, -0.15) is 0 Å². The third kappa shape index (κ3) is 6.02. The van der Waals surface area contributed by atoms with Crippen molar-refractivity contribution in [2.45, 2.75) is 40.3 Å². The Morgan fingerprint density at radius 3 is 2.60 bits per heavy atom. The number of likely N-dealkylation sites (N-methyl/N-ethyl adjacent to an activating group) is 1. The minimum Gasteiger partial charge on any atom is -0.370 e. The quantitative estimate of drug-likeness (QED) is 0.762. The monoisotopic (exact) mass is 278 g/mol. The summed E-state index contributed by atoms with van der Waals surface area (Å²) in [6.45, 7) is 10.9.